The number of hydrogen-bond acceptors (Lipinski definition) is 13. The molecule has 0 spiro atoms. The molecule has 7 aromatic rings. The molecule has 10 atom stereocenters. The van der Waals surface area contributed by atoms with Crippen molar-refractivity contribution in [3.05, 3.63) is 251 Å². The van der Waals surface area contributed by atoms with E-state index in [0.29, 0.717) is 0 Å². The van der Waals surface area contributed by atoms with E-state index in [9.17, 15) is 9.59 Å². The molecular weight excluding hydrogens is 953 g/mol. The highest BCUT2D eigenvalue weighted by atomic mass is 16.8. The fourth-order valence-corrected chi connectivity index (χ4v) is 8.97. The molecule has 2 heterocycles. The van der Waals surface area contributed by atoms with Gasteiger partial charge in [0.05, 0.1) is 46.8 Å². The van der Waals surface area contributed by atoms with Crippen LogP contribution in [0.25, 0.3) is 0 Å². The van der Waals surface area contributed by atoms with Gasteiger partial charge in [0, 0.05) is 0 Å². The third-order valence-corrected chi connectivity index (χ3v) is 12.9. The van der Waals surface area contributed by atoms with E-state index in [1.54, 1.807) is 0 Å². The summed E-state index contributed by atoms with van der Waals surface area (Å²) in [5.41, 5.74) is 5.87. The van der Waals surface area contributed by atoms with Crippen molar-refractivity contribution in [2.45, 2.75) is 108 Å². The maximum Gasteiger partial charge on any atom is 0.338 e. The molecule has 0 amide bonds. The summed E-state index contributed by atoms with van der Waals surface area (Å²) < 4.78 is 73.4. The minimum atomic E-state index is -1.53. The van der Waals surface area contributed by atoms with Crippen molar-refractivity contribution >= 4 is 11.9 Å². The number of hydrogen-bond donors (Lipinski definition) is 0. The third kappa shape index (κ3) is 14.9. The summed E-state index contributed by atoms with van der Waals surface area (Å²) in [5, 5.41) is 0. The first-order valence-electron chi connectivity index (χ1n) is 25.2. The van der Waals surface area contributed by atoms with Crippen LogP contribution in [0.1, 0.15) is 38.9 Å². The van der Waals surface area contributed by atoms with Gasteiger partial charge in [0.15, 0.2) is 24.8 Å². The first-order valence-corrected chi connectivity index (χ1v) is 25.2. The van der Waals surface area contributed by atoms with Crippen molar-refractivity contribution in [3.8, 4) is 0 Å². The zero-order valence-electron chi connectivity index (χ0n) is 41.7. The Labute approximate surface area is 438 Å². The molecule has 13 nitrogen and oxygen atoms in total. The van der Waals surface area contributed by atoms with Crippen LogP contribution in [-0.2, 0) is 108 Å². The molecule has 13 heteroatoms. The first-order chi connectivity index (χ1) is 37.0. The fourth-order valence-electron chi connectivity index (χ4n) is 8.97. The molecule has 0 aromatic heterocycles. The van der Waals surface area contributed by atoms with Crippen molar-refractivity contribution in [2.24, 2.45) is 0 Å². The normalized spacial score (nSPS) is 23.5. The van der Waals surface area contributed by atoms with Gasteiger partial charge >= 0.3 is 11.9 Å². The molecule has 2 fully saturated rings. The molecule has 0 saturated carbocycles. The Morgan fingerprint density at radius 2 is 0.600 bits per heavy atom. The minimum absolute atomic E-state index is 0.0657. The van der Waals surface area contributed by atoms with Gasteiger partial charge in [0.1, 0.15) is 43.2 Å². The van der Waals surface area contributed by atoms with Gasteiger partial charge in [-0.05, 0) is 38.9 Å². The molecule has 0 radical (unpaired) electrons. The summed E-state index contributed by atoms with van der Waals surface area (Å²) in [5.74, 6) is -1.51. The molecule has 0 unspecified atom stereocenters. The first kappa shape index (κ1) is 53.0. The summed E-state index contributed by atoms with van der Waals surface area (Å²) in [6.45, 7) is 0.476. The molecule has 7 aromatic carbocycles. The zero-order chi connectivity index (χ0) is 51.4. The number of methoxy groups -OCH3 is 1. The predicted molar refractivity (Wildman–Crippen MR) is 277 cm³/mol. The number of carbonyl (C=O) groups excluding carboxylic acids is 2. The van der Waals surface area contributed by atoms with E-state index >= 15 is 0 Å². The topological polar surface area (TPSA) is 136 Å². The van der Waals surface area contributed by atoms with Crippen molar-refractivity contribution in [1.82, 2.24) is 0 Å². The molecule has 0 N–H and O–H groups in total. The summed E-state index contributed by atoms with van der Waals surface area (Å²) in [6.07, 6.45) is -12.5. The second-order valence-corrected chi connectivity index (χ2v) is 18.2. The highest BCUT2D eigenvalue weighted by Gasteiger charge is 2.57. The van der Waals surface area contributed by atoms with Crippen LogP contribution in [0.2, 0.25) is 0 Å². The third-order valence-electron chi connectivity index (χ3n) is 12.9. The lowest BCUT2D eigenvalue weighted by molar-refractivity contribution is -0.369. The molecule has 388 valence electrons. The SMILES string of the molecule is COC(=O)[C@H]1O[C@H](O[C@@H]2[C@H](OCc3ccccc3)[C@@H](OCc3ccccc3)[C@H](OCc3ccccc3)O[C@@H]2C(=O)OCc2ccccc2)[C@H](OCc2ccccc2)[C@@H](OCc2ccccc2)[C@H]1OCc1ccccc1. The highest BCUT2D eigenvalue weighted by Crippen LogP contribution is 2.37. The maximum atomic E-state index is 15.0. The lowest BCUT2D eigenvalue weighted by atomic mass is 9.95. The average molecular weight is 1020 g/mol. The second kappa shape index (κ2) is 27.6. The molecule has 2 aliphatic rings. The molecule has 75 heavy (non-hydrogen) atoms. The van der Waals surface area contributed by atoms with Crippen LogP contribution in [0.4, 0.5) is 0 Å². The van der Waals surface area contributed by atoms with Gasteiger partial charge < -0.3 is 52.1 Å². The lowest BCUT2D eigenvalue weighted by Gasteiger charge is -2.49. The number of rotatable bonds is 24. The Kier molecular flexibility index (Phi) is 19.5. The van der Waals surface area contributed by atoms with E-state index in [1.165, 1.54) is 7.11 Å². The monoisotopic (exact) mass is 1010 g/mol. The van der Waals surface area contributed by atoms with Gasteiger partial charge in [0.25, 0.3) is 0 Å². The van der Waals surface area contributed by atoms with Crippen LogP contribution in [-0.4, -0.2) is 80.5 Å². The van der Waals surface area contributed by atoms with Crippen LogP contribution < -0.4 is 0 Å². The van der Waals surface area contributed by atoms with E-state index in [2.05, 4.69) is 0 Å². The Hall–Kier alpha value is -6.88. The van der Waals surface area contributed by atoms with Crippen LogP contribution in [0.5, 0.6) is 0 Å². The van der Waals surface area contributed by atoms with Crippen LogP contribution in [0.3, 0.4) is 0 Å². The highest BCUT2D eigenvalue weighted by molar-refractivity contribution is 5.76. The Bertz CT molecular complexity index is 2740. The number of carbonyl (C=O) groups is 2. The van der Waals surface area contributed by atoms with Crippen molar-refractivity contribution < 1.29 is 61.7 Å². The van der Waals surface area contributed by atoms with Gasteiger partial charge in [-0.15, -0.1) is 0 Å². The number of ether oxygens (including phenoxy) is 11. The molecular formula is C62H62O13. The molecule has 2 saturated heterocycles. The van der Waals surface area contributed by atoms with Crippen molar-refractivity contribution in [3.63, 3.8) is 0 Å². The van der Waals surface area contributed by atoms with Crippen LogP contribution in [0, 0.1) is 0 Å². The van der Waals surface area contributed by atoms with Gasteiger partial charge in [0.2, 0.25) is 0 Å². The van der Waals surface area contributed by atoms with E-state index in [-0.39, 0.29) is 46.2 Å². The Morgan fingerprint density at radius 1 is 0.320 bits per heavy atom. The molecule has 2 aliphatic heterocycles. The Balaban J connectivity index is 1.14. The molecule has 0 bridgehead atoms. The smallest absolute Gasteiger partial charge is 0.338 e. The van der Waals surface area contributed by atoms with E-state index in [0.717, 1.165) is 38.9 Å². The Morgan fingerprint density at radius 3 is 0.973 bits per heavy atom. The number of benzene rings is 7. The van der Waals surface area contributed by atoms with Gasteiger partial charge in [-0.1, -0.05) is 212 Å². The quantitative estimate of drug-likeness (QED) is 0.0532. The summed E-state index contributed by atoms with van der Waals surface area (Å²) >= 11 is 0. The van der Waals surface area contributed by atoms with E-state index < -0.39 is 73.4 Å². The molecule has 9 rings (SSSR count). The standard InChI is InChI=1S/C62H62O13/c1-65-59(63)55-51(66-37-44-23-9-2-10-24-44)52(67-38-45-25-11-3-12-26-45)58(70-41-48-31-17-6-18-32-48)62(75-55)73-54-53(68-39-46-27-13-4-14-28-46)57(69-40-47-29-15-5-16-30-47)61(72-43-50-35-21-8-22-36-50)74-56(54)60(64)71-42-49-33-19-7-20-34-49/h2-36,51-58,61-62H,37-43H2,1H3/t51-,52+,53+,54-,55+,56+,57-,58-,61-,62+/m1/s1. The fraction of sp³-hybridized carbons (Fsp3) is 0.290. The van der Waals surface area contributed by atoms with Crippen molar-refractivity contribution in [2.75, 3.05) is 7.11 Å². The lowest BCUT2D eigenvalue weighted by Crippen LogP contribution is -2.67. The van der Waals surface area contributed by atoms with Crippen molar-refractivity contribution in [1.29, 1.82) is 0 Å². The number of esters is 2. The second-order valence-electron chi connectivity index (χ2n) is 18.2. The van der Waals surface area contributed by atoms with E-state index in [1.807, 2.05) is 212 Å². The molecule has 0 aliphatic carbocycles. The summed E-state index contributed by atoms with van der Waals surface area (Å²) in [7, 11) is 1.28. The van der Waals surface area contributed by atoms with Crippen LogP contribution >= 0.6 is 0 Å². The zero-order valence-corrected chi connectivity index (χ0v) is 41.7. The van der Waals surface area contributed by atoms with Gasteiger partial charge in [-0.2, -0.15) is 0 Å². The van der Waals surface area contributed by atoms with Crippen LogP contribution in [0.15, 0.2) is 212 Å². The minimum Gasteiger partial charge on any atom is -0.467 e. The van der Waals surface area contributed by atoms with E-state index in [4.69, 9.17) is 52.1 Å². The largest absolute Gasteiger partial charge is 0.467 e. The summed E-state index contributed by atoms with van der Waals surface area (Å²) in [4.78, 5) is 29.2. The summed E-state index contributed by atoms with van der Waals surface area (Å²) in [6, 6.07) is 67.1. The van der Waals surface area contributed by atoms with Gasteiger partial charge in [-0.25, -0.2) is 9.59 Å². The predicted octanol–water partition coefficient (Wildman–Crippen LogP) is 9.88. The average Bonchev–Trinajstić information content (AvgIpc) is 3.47. The maximum absolute atomic E-state index is 15.0. The van der Waals surface area contributed by atoms with Gasteiger partial charge in [-0.3, -0.25) is 0 Å².